The van der Waals surface area contributed by atoms with E-state index in [1.54, 1.807) is 12.1 Å². The fourth-order valence-corrected chi connectivity index (χ4v) is 1.57. The van der Waals surface area contributed by atoms with Crippen LogP contribution >= 0.6 is 11.6 Å². The van der Waals surface area contributed by atoms with Crippen LogP contribution in [0.25, 0.3) is 0 Å². The summed E-state index contributed by atoms with van der Waals surface area (Å²) in [5.41, 5.74) is 0.600. The van der Waals surface area contributed by atoms with Crippen LogP contribution in [0.15, 0.2) is 18.3 Å². The Bertz CT molecular complexity index is 387. The summed E-state index contributed by atoms with van der Waals surface area (Å²) in [7, 11) is 0. The Balaban J connectivity index is 1.90. The van der Waals surface area contributed by atoms with Gasteiger partial charge in [0.2, 0.25) is 0 Å². The van der Waals surface area contributed by atoms with Crippen LogP contribution in [-0.4, -0.2) is 30.6 Å². The largest absolute Gasteiger partial charge is 0.380 e. The number of pyridine rings is 1. The molecule has 1 amide bonds. The third-order valence-electron chi connectivity index (χ3n) is 2.57. The maximum absolute atomic E-state index is 11.7. The number of aromatic nitrogens is 1. The average Bonchev–Trinajstić information content (AvgIpc) is 2.24. The smallest absolute Gasteiger partial charge is 0.252 e. The summed E-state index contributed by atoms with van der Waals surface area (Å²) in [6, 6.07) is 3.26. The Morgan fingerprint density at radius 2 is 2.38 bits per heavy atom. The lowest BCUT2D eigenvalue weighted by Gasteiger charge is -2.37. The summed E-state index contributed by atoms with van der Waals surface area (Å²) < 4.78 is 5.11. The molecule has 2 rings (SSSR count). The maximum atomic E-state index is 11.7. The highest BCUT2D eigenvalue weighted by molar-refractivity contribution is 6.29. The van der Waals surface area contributed by atoms with Crippen LogP contribution in [0, 0.1) is 5.41 Å². The van der Waals surface area contributed by atoms with Crippen molar-refractivity contribution < 1.29 is 9.53 Å². The monoisotopic (exact) mass is 240 g/mol. The van der Waals surface area contributed by atoms with Crippen LogP contribution in [-0.2, 0) is 4.74 Å². The lowest BCUT2D eigenvalue weighted by atomic mass is 9.89. The molecule has 0 aromatic carbocycles. The number of carbonyl (C=O) groups is 1. The molecule has 0 atom stereocenters. The van der Waals surface area contributed by atoms with Crippen molar-refractivity contribution in [3.8, 4) is 0 Å². The van der Waals surface area contributed by atoms with Gasteiger partial charge in [-0.1, -0.05) is 18.5 Å². The van der Waals surface area contributed by atoms with Crippen molar-refractivity contribution in [2.24, 2.45) is 5.41 Å². The van der Waals surface area contributed by atoms with Gasteiger partial charge in [-0.3, -0.25) is 4.79 Å². The van der Waals surface area contributed by atoms with Crippen LogP contribution in [0.5, 0.6) is 0 Å². The fraction of sp³-hybridized carbons (Fsp3) is 0.455. The van der Waals surface area contributed by atoms with Crippen LogP contribution in [0.3, 0.4) is 0 Å². The number of rotatable bonds is 3. The second kappa shape index (κ2) is 4.39. The Hall–Kier alpha value is -1.13. The molecule has 1 saturated heterocycles. The van der Waals surface area contributed by atoms with Crippen molar-refractivity contribution in [1.82, 2.24) is 10.3 Å². The first-order chi connectivity index (χ1) is 7.59. The van der Waals surface area contributed by atoms with Crippen molar-refractivity contribution in [2.45, 2.75) is 6.92 Å². The first-order valence-electron chi connectivity index (χ1n) is 5.07. The number of hydrogen-bond acceptors (Lipinski definition) is 3. The standard InChI is InChI=1S/C11H13ClN2O2/c1-11(6-16-7-11)5-14-10(15)8-2-3-9(12)13-4-8/h2-4H,5-7H2,1H3,(H,14,15). The zero-order valence-corrected chi connectivity index (χ0v) is 9.75. The van der Waals surface area contributed by atoms with Gasteiger partial charge in [0.25, 0.3) is 5.91 Å². The van der Waals surface area contributed by atoms with E-state index in [1.165, 1.54) is 6.20 Å². The van der Waals surface area contributed by atoms with Crippen molar-refractivity contribution in [1.29, 1.82) is 0 Å². The summed E-state index contributed by atoms with van der Waals surface area (Å²) in [6.07, 6.45) is 1.47. The Morgan fingerprint density at radius 1 is 1.62 bits per heavy atom. The Labute approximate surface area is 99.0 Å². The maximum Gasteiger partial charge on any atom is 0.252 e. The molecule has 5 heteroatoms. The summed E-state index contributed by atoms with van der Waals surface area (Å²) in [4.78, 5) is 15.6. The lowest BCUT2D eigenvalue weighted by Crippen LogP contribution is -2.48. The van der Waals surface area contributed by atoms with Crippen LogP contribution in [0.4, 0.5) is 0 Å². The second-order valence-electron chi connectivity index (χ2n) is 4.36. The first-order valence-corrected chi connectivity index (χ1v) is 5.44. The number of nitrogens with zero attached hydrogens (tertiary/aromatic N) is 1. The summed E-state index contributed by atoms with van der Waals surface area (Å²) in [6.45, 7) is 4.10. The van der Waals surface area contributed by atoms with Gasteiger partial charge >= 0.3 is 0 Å². The molecule has 0 bridgehead atoms. The van der Waals surface area contributed by atoms with Crippen LogP contribution in [0.1, 0.15) is 17.3 Å². The Kier molecular flexibility index (Phi) is 3.12. The van der Waals surface area contributed by atoms with Crippen molar-refractivity contribution in [3.05, 3.63) is 29.0 Å². The van der Waals surface area contributed by atoms with E-state index < -0.39 is 0 Å². The number of halogens is 1. The first kappa shape index (κ1) is 11.4. The molecule has 0 aliphatic carbocycles. The fourth-order valence-electron chi connectivity index (χ4n) is 1.46. The molecule has 1 fully saturated rings. The van der Waals surface area contributed by atoms with E-state index in [4.69, 9.17) is 16.3 Å². The lowest BCUT2D eigenvalue weighted by molar-refractivity contribution is -0.0978. The Morgan fingerprint density at radius 3 is 2.88 bits per heavy atom. The molecule has 1 N–H and O–H groups in total. The van der Waals surface area contributed by atoms with Gasteiger partial charge in [0.15, 0.2) is 0 Å². The van der Waals surface area contributed by atoms with Gasteiger partial charge in [-0.2, -0.15) is 0 Å². The van der Waals surface area contributed by atoms with Gasteiger partial charge in [-0.25, -0.2) is 4.98 Å². The molecule has 86 valence electrons. The topological polar surface area (TPSA) is 51.2 Å². The molecule has 1 aromatic rings. The average molecular weight is 241 g/mol. The highest BCUT2D eigenvalue weighted by atomic mass is 35.5. The van der Waals surface area contributed by atoms with E-state index >= 15 is 0 Å². The van der Waals surface area contributed by atoms with E-state index in [2.05, 4.69) is 17.2 Å². The van der Waals surface area contributed by atoms with Crippen molar-refractivity contribution in [2.75, 3.05) is 19.8 Å². The second-order valence-corrected chi connectivity index (χ2v) is 4.74. The van der Waals surface area contributed by atoms with Gasteiger partial charge in [0.1, 0.15) is 5.15 Å². The molecule has 1 aliphatic heterocycles. The van der Waals surface area contributed by atoms with E-state index in [1.807, 2.05) is 0 Å². The molecule has 0 saturated carbocycles. The van der Waals surface area contributed by atoms with E-state index in [0.29, 0.717) is 30.5 Å². The summed E-state index contributed by atoms with van der Waals surface area (Å²) in [5, 5.41) is 3.24. The minimum Gasteiger partial charge on any atom is -0.380 e. The molecule has 2 heterocycles. The van der Waals surface area contributed by atoms with Gasteiger partial charge < -0.3 is 10.1 Å². The summed E-state index contributed by atoms with van der Waals surface area (Å²) >= 11 is 5.64. The number of hydrogen-bond donors (Lipinski definition) is 1. The van der Waals surface area contributed by atoms with Gasteiger partial charge in [-0.15, -0.1) is 0 Å². The molecular weight excluding hydrogens is 228 g/mol. The van der Waals surface area contributed by atoms with E-state index in [0.717, 1.165) is 0 Å². The van der Waals surface area contributed by atoms with Crippen molar-refractivity contribution in [3.63, 3.8) is 0 Å². The van der Waals surface area contributed by atoms with Crippen LogP contribution in [0.2, 0.25) is 5.15 Å². The molecule has 0 spiro atoms. The third kappa shape index (κ3) is 2.51. The predicted molar refractivity (Wildman–Crippen MR) is 60.5 cm³/mol. The zero-order chi connectivity index (χ0) is 11.6. The molecule has 1 aliphatic rings. The molecule has 4 nitrogen and oxygen atoms in total. The van der Waals surface area contributed by atoms with Gasteiger partial charge in [0.05, 0.1) is 18.8 Å². The highest BCUT2D eigenvalue weighted by Gasteiger charge is 2.33. The number of ether oxygens (including phenoxy) is 1. The van der Waals surface area contributed by atoms with Crippen molar-refractivity contribution >= 4 is 17.5 Å². The number of nitrogens with one attached hydrogen (secondary N) is 1. The van der Waals surface area contributed by atoms with Gasteiger partial charge in [0, 0.05) is 18.2 Å². The minimum absolute atomic E-state index is 0.0789. The van der Waals surface area contributed by atoms with E-state index in [-0.39, 0.29) is 11.3 Å². The number of carbonyl (C=O) groups excluding carboxylic acids is 1. The predicted octanol–water partition coefficient (Wildman–Crippen LogP) is 1.50. The zero-order valence-electron chi connectivity index (χ0n) is 9.00. The summed E-state index contributed by atoms with van der Waals surface area (Å²) in [5.74, 6) is -0.128. The quantitative estimate of drug-likeness (QED) is 0.815. The molecule has 16 heavy (non-hydrogen) atoms. The van der Waals surface area contributed by atoms with E-state index in [9.17, 15) is 4.79 Å². The van der Waals surface area contributed by atoms with Gasteiger partial charge in [-0.05, 0) is 12.1 Å². The minimum atomic E-state index is -0.128. The van der Waals surface area contributed by atoms with Crippen LogP contribution < -0.4 is 5.32 Å². The number of amides is 1. The molecular formula is C11H13ClN2O2. The highest BCUT2D eigenvalue weighted by Crippen LogP contribution is 2.25. The SMILES string of the molecule is CC1(CNC(=O)c2ccc(Cl)nc2)COC1. The molecule has 0 unspecified atom stereocenters. The molecule has 1 aromatic heterocycles. The normalized spacial score (nSPS) is 17.6. The third-order valence-corrected chi connectivity index (χ3v) is 2.79. The molecule has 0 radical (unpaired) electrons.